The fraction of sp³-hybridized carbons (Fsp3) is 0.235. The topological polar surface area (TPSA) is 32.3 Å². The summed E-state index contributed by atoms with van der Waals surface area (Å²) in [5, 5.41) is 3.42. The van der Waals surface area contributed by atoms with E-state index in [2.05, 4.69) is 5.32 Å². The van der Waals surface area contributed by atoms with Crippen molar-refractivity contribution in [3.63, 3.8) is 0 Å². The van der Waals surface area contributed by atoms with E-state index in [0.717, 1.165) is 5.56 Å². The number of nitrogens with zero attached hydrogens (tertiary/aromatic N) is 1. The van der Waals surface area contributed by atoms with Gasteiger partial charge in [-0.1, -0.05) is 29.8 Å². The summed E-state index contributed by atoms with van der Waals surface area (Å²) in [5.41, 5.74) is 1.55. The molecule has 2 aromatic carbocycles. The van der Waals surface area contributed by atoms with Crippen molar-refractivity contribution in [3.05, 3.63) is 64.9 Å². The smallest absolute Gasteiger partial charge is 0.238 e. The predicted molar refractivity (Wildman–Crippen MR) is 87.5 cm³/mol. The zero-order valence-electron chi connectivity index (χ0n) is 12.5. The number of rotatable bonds is 5. The lowest BCUT2D eigenvalue weighted by Crippen LogP contribution is -2.32. The van der Waals surface area contributed by atoms with E-state index in [9.17, 15) is 9.18 Å². The zero-order chi connectivity index (χ0) is 16.1. The second-order valence-corrected chi connectivity index (χ2v) is 5.57. The van der Waals surface area contributed by atoms with Crippen LogP contribution in [0.1, 0.15) is 18.5 Å². The third-order valence-electron chi connectivity index (χ3n) is 3.54. The molecule has 0 bridgehead atoms. The van der Waals surface area contributed by atoms with Gasteiger partial charge in [0.1, 0.15) is 5.82 Å². The van der Waals surface area contributed by atoms with Crippen molar-refractivity contribution in [3.8, 4) is 0 Å². The van der Waals surface area contributed by atoms with E-state index in [0.29, 0.717) is 10.7 Å². The molecule has 1 N–H and O–H groups in total. The lowest BCUT2D eigenvalue weighted by molar-refractivity contribution is -0.117. The molecule has 22 heavy (non-hydrogen) atoms. The number of nitrogens with one attached hydrogen (secondary N) is 1. The van der Waals surface area contributed by atoms with Gasteiger partial charge in [-0.3, -0.25) is 9.69 Å². The minimum atomic E-state index is -0.331. The molecule has 0 saturated heterocycles. The summed E-state index contributed by atoms with van der Waals surface area (Å²) in [6.45, 7) is 2.20. The summed E-state index contributed by atoms with van der Waals surface area (Å²) in [4.78, 5) is 14.0. The van der Waals surface area contributed by atoms with Gasteiger partial charge >= 0.3 is 0 Å². The first-order valence-electron chi connectivity index (χ1n) is 6.97. The number of amides is 1. The molecule has 0 aromatic heterocycles. The predicted octanol–water partition coefficient (Wildman–Crippen LogP) is 4.11. The molecule has 1 amide bonds. The molecule has 0 aliphatic carbocycles. The van der Waals surface area contributed by atoms with Gasteiger partial charge in [0.15, 0.2) is 0 Å². The Balaban J connectivity index is 1.96. The maximum Gasteiger partial charge on any atom is 0.238 e. The Hall–Kier alpha value is -1.91. The highest BCUT2D eigenvalue weighted by Gasteiger charge is 2.17. The lowest BCUT2D eigenvalue weighted by atomic mass is 10.1. The van der Waals surface area contributed by atoms with E-state index in [1.165, 1.54) is 24.3 Å². The summed E-state index contributed by atoms with van der Waals surface area (Å²) in [7, 11) is 1.86. The molecule has 0 unspecified atom stereocenters. The maximum atomic E-state index is 12.8. The van der Waals surface area contributed by atoms with Crippen molar-refractivity contribution in [1.82, 2.24) is 4.90 Å². The average molecular weight is 321 g/mol. The van der Waals surface area contributed by atoms with Crippen LogP contribution in [0.25, 0.3) is 0 Å². The minimum Gasteiger partial charge on any atom is -0.325 e. The van der Waals surface area contributed by atoms with Gasteiger partial charge in [-0.05, 0) is 49.9 Å². The lowest BCUT2D eigenvalue weighted by Gasteiger charge is -2.25. The first-order chi connectivity index (χ1) is 10.5. The molecule has 116 valence electrons. The van der Waals surface area contributed by atoms with Gasteiger partial charge in [-0.25, -0.2) is 4.39 Å². The van der Waals surface area contributed by atoms with Gasteiger partial charge in [0, 0.05) is 16.8 Å². The molecule has 0 fully saturated rings. The fourth-order valence-electron chi connectivity index (χ4n) is 2.15. The van der Waals surface area contributed by atoms with Crippen molar-refractivity contribution < 1.29 is 9.18 Å². The van der Waals surface area contributed by atoms with E-state index < -0.39 is 0 Å². The number of halogens is 2. The summed E-state index contributed by atoms with van der Waals surface area (Å²) in [5.74, 6) is -0.490. The number of benzene rings is 2. The van der Waals surface area contributed by atoms with Gasteiger partial charge in [0.2, 0.25) is 5.91 Å². The molecule has 2 aromatic rings. The number of anilines is 1. The first-order valence-corrected chi connectivity index (χ1v) is 7.35. The highest BCUT2D eigenvalue weighted by Crippen LogP contribution is 2.25. The van der Waals surface area contributed by atoms with Gasteiger partial charge in [0.05, 0.1) is 6.54 Å². The van der Waals surface area contributed by atoms with Gasteiger partial charge < -0.3 is 5.32 Å². The van der Waals surface area contributed by atoms with Crippen LogP contribution in [-0.2, 0) is 4.79 Å². The molecule has 0 radical (unpaired) electrons. The largest absolute Gasteiger partial charge is 0.325 e. The van der Waals surface area contributed by atoms with E-state index in [1.54, 1.807) is 0 Å². The molecule has 0 spiro atoms. The van der Waals surface area contributed by atoms with Crippen molar-refractivity contribution in [2.24, 2.45) is 0 Å². The highest BCUT2D eigenvalue weighted by molar-refractivity contribution is 6.31. The number of carbonyl (C=O) groups is 1. The molecule has 0 aliphatic rings. The first kappa shape index (κ1) is 16.5. The van der Waals surface area contributed by atoms with E-state index in [1.807, 2.05) is 43.1 Å². The summed E-state index contributed by atoms with van der Waals surface area (Å²) in [6, 6.07) is 13.3. The normalized spacial score (nSPS) is 12.2. The van der Waals surface area contributed by atoms with E-state index in [4.69, 9.17) is 11.6 Å². The maximum absolute atomic E-state index is 12.8. The van der Waals surface area contributed by atoms with E-state index >= 15 is 0 Å². The third-order valence-corrected chi connectivity index (χ3v) is 3.88. The SMILES string of the molecule is C[C@@H](c1ccccc1Cl)N(C)CC(=O)Nc1ccc(F)cc1. The van der Waals surface area contributed by atoms with Crippen molar-refractivity contribution in [2.45, 2.75) is 13.0 Å². The second-order valence-electron chi connectivity index (χ2n) is 5.17. The summed E-state index contributed by atoms with van der Waals surface area (Å²) >= 11 is 6.18. The van der Waals surface area contributed by atoms with Crippen LogP contribution in [0.2, 0.25) is 5.02 Å². The Morgan fingerprint density at radius 2 is 1.86 bits per heavy atom. The third kappa shape index (κ3) is 4.29. The molecule has 3 nitrogen and oxygen atoms in total. The molecule has 0 saturated carbocycles. The minimum absolute atomic E-state index is 0.00710. The van der Waals surface area contributed by atoms with Gasteiger partial charge in [-0.15, -0.1) is 0 Å². The molecular weight excluding hydrogens is 303 g/mol. The van der Waals surface area contributed by atoms with Crippen LogP contribution < -0.4 is 5.32 Å². The van der Waals surface area contributed by atoms with Crippen molar-refractivity contribution >= 4 is 23.2 Å². The van der Waals surface area contributed by atoms with E-state index in [-0.39, 0.29) is 24.3 Å². The van der Waals surface area contributed by atoms with Crippen molar-refractivity contribution in [2.75, 3.05) is 18.9 Å². The highest BCUT2D eigenvalue weighted by atomic mass is 35.5. The molecule has 0 heterocycles. The molecule has 0 aliphatic heterocycles. The molecule has 5 heteroatoms. The van der Waals surface area contributed by atoms with Crippen LogP contribution >= 0.6 is 11.6 Å². The summed E-state index contributed by atoms with van der Waals surface area (Å²) in [6.07, 6.45) is 0. The second kappa shape index (κ2) is 7.38. The number of likely N-dealkylation sites (N-methyl/N-ethyl adjacent to an activating group) is 1. The number of hydrogen-bond acceptors (Lipinski definition) is 2. The van der Waals surface area contributed by atoms with Crippen LogP contribution in [0.3, 0.4) is 0 Å². The molecule has 2 rings (SSSR count). The van der Waals surface area contributed by atoms with Crippen LogP contribution in [-0.4, -0.2) is 24.4 Å². The number of carbonyl (C=O) groups excluding carboxylic acids is 1. The monoisotopic (exact) mass is 320 g/mol. The average Bonchev–Trinajstić information content (AvgIpc) is 2.49. The fourth-order valence-corrected chi connectivity index (χ4v) is 2.44. The standard InChI is InChI=1S/C17H18ClFN2O/c1-12(15-5-3-4-6-16(15)18)21(2)11-17(22)20-14-9-7-13(19)8-10-14/h3-10,12H,11H2,1-2H3,(H,20,22)/t12-/m0/s1. The van der Waals surface area contributed by atoms with Crippen LogP contribution in [0.5, 0.6) is 0 Å². The Morgan fingerprint density at radius 1 is 1.23 bits per heavy atom. The molecular formula is C17H18ClFN2O. The Morgan fingerprint density at radius 3 is 2.50 bits per heavy atom. The van der Waals surface area contributed by atoms with Gasteiger partial charge in [0.25, 0.3) is 0 Å². The quantitative estimate of drug-likeness (QED) is 0.899. The van der Waals surface area contributed by atoms with Crippen LogP contribution in [0.4, 0.5) is 10.1 Å². The summed E-state index contributed by atoms with van der Waals surface area (Å²) < 4.78 is 12.8. The van der Waals surface area contributed by atoms with Gasteiger partial charge in [-0.2, -0.15) is 0 Å². The Kier molecular flexibility index (Phi) is 5.52. The van der Waals surface area contributed by atoms with Crippen LogP contribution in [0.15, 0.2) is 48.5 Å². The number of hydrogen-bond donors (Lipinski definition) is 1. The Labute approximate surface area is 134 Å². The Bertz CT molecular complexity index is 645. The van der Waals surface area contributed by atoms with Crippen molar-refractivity contribution in [1.29, 1.82) is 0 Å². The van der Waals surface area contributed by atoms with Crippen LogP contribution in [0, 0.1) is 5.82 Å². The molecule has 1 atom stereocenters. The zero-order valence-corrected chi connectivity index (χ0v) is 13.3.